The van der Waals surface area contributed by atoms with Gasteiger partial charge in [-0.1, -0.05) is 37.3 Å². The van der Waals surface area contributed by atoms with Crippen LogP contribution in [0.15, 0.2) is 30.3 Å². The lowest BCUT2D eigenvalue weighted by Crippen LogP contribution is -2.46. The standard InChI is InChI=1S/C19H26N2O4/c1-2-7-17(22)21-11-6-10-15(13-21)18(23)20-12-16(19(24)25)14-8-4-3-5-9-14/h3-5,8-9,15-16H,2,6-7,10-13H2,1H3,(H,20,23)(H,24,25). The zero-order chi connectivity index (χ0) is 18.2. The molecule has 0 bridgehead atoms. The molecule has 1 aliphatic heterocycles. The van der Waals surface area contributed by atoms with Gasteiger partial charge in [0, 0.05) is 26.1 Å². The highest BCUT2D eigenvalue weighted by Crippen LogP contribution is 2.19. The van der Waals surface area contributed by atoms with Crippen molar-refractivity contribution in [2.24, 2.45) is 5.92 Å². The topological polar surface area (TPSA) is 86.7 Å². The predicted octanol–water partition coefficient (Wildman–Crippen LogP) is 2.01. The maximum Gasteiger partial charge on any atom is 0.312 e. The Kier molecular flexibility index (Phi) is 6.98. The van der Waals surface area contributed by atoms with E-state index in [4.69, 9.17) is 0 Å². The highest BCUT2D eigenvalue weighted by Gasteiger charge is 2.29. The van der Waals surface area contributed by atoms with Crippen molar-refractivity contribution in [3.05, 3.63) is 35.9 Å². The van der Waals surface area contributed by atoms with Crippen LogP contribution in [-0.2, 0) is 14.4 Å². The Morgan fingerprint density at radius 2 is 2.00 bits per heavy atom. The van der Waals surface area contributed by atoms with Crippen molar-refractivity contribution in [3.8, 4) is 0 Å². The summed E-state index contributed by atoms with van der Waals surface area (Å²) >= 11 is 0. The van der Waals surface area contributed by atoms with Crippen LogP contribution >= 0.6 is 0 Å². The van der Waals surface area contributed by atoms with Crippen molar-refractivity contribution in [2.45, 2.75) is 38.5 Å². The maximum absolute atomic E-state index is 12.4. The van der Waals surface area contributed by atoms with Gasteiger partial charge in [0.25, 0.3) is 0 Å². The molecule has 2 unspecified atom stereocenters. The van der Waals surface area contributed by atoms with Crippen molar-refractivity contribution in [1.29, 1.82) is 0 Å². The predicted molar refractivity (Wildman–Crippen MR) is 94.0 cm³/mol. The van der Waals surface area contributed by atoms with Gasteiger partial charge in [-0.3, -0.25) is 14.4 Å². The molecule has 2 amide bonds. The summed E-state index contributed by atoms with van der Waals surface area (Å²) in [5.74, 6) is -2.08. The van der Waals surface area contributed by atoms with Crippen LogP contribution in [0.3, 0.4) is 0 Å². The molecule has 2 rings (SSSR count). The van der Waals surface area contributed by atoms with E-state index in [1.807, 2.05) is 13.0 Å². The third kappa shape index (κ3) is 5.31. The Morgan fingerprint density at radius 1 is 1.28 bits per heavy atom. The van der Waals surface area contributed by atoms with Crippen molar-refractivity contribution in [2.75, 3.05) is 19.6 Å². The first-order valence-electron chi connectivity index (χ1n) is 8.86. The number of benzene rings is 1. The van der Waals surface area contributed by atoms with E-state index < -0.39 is 11.9 Å². The Bertz CT molecular complexity index is 603. The van der Waals surface area contributed by atoms with E-state index in [0.717, 1.165) is 19.3 Å². The Labute approximate surface area is 148 Å². The summed E-state index contributed by atoms with van der Waals surface area (Å²) < 4.78 is 0. The Hall–Kier alpha value is -2.37. The summed E-state index contributed by atoms with van der Waals surface area (Å²) in [6.45, 7) is 3.14. The summed E-state index contributed by atoms with van der Waals surface area (Å²) in [7, 11) is 0. The first kappa shape index (κ1) is 19.0. The Morgan fingerprint density at radius 3 is 2.64 bits per heavy atom. The smallest absolute Gasteiger partial charge is 0.312 e. The lowest BCUT2D eigenvalue weighted by Gasteiger charge is -2.32. The molecule has 25 heavy (non-hydrogen) atoms. The van der Waals surface area contributed by atoms with Crippen LogP contribution in [0.4, 0.5) is 0 Å². The third-order valence-electron chi connectivity index (χ3n) is 4.59. The van der Waals surface area contributed by atoms with Gasteiger partial charge in [0.2, 0.25) is 11.8 Å². The SMILES string of the molecule is CCCC(=O)N1CCCC(C(=O)NCC(C(=O)O)c2ccccc2)C1. The zero-order valence-corrected chi connectivity index (χ0v) is 14.6. The summed E-state index contributed by atoms with van der Waals surface area (Å²) in [4.78, 5) is 37.7. The van der Waals surface area contributed by atoms with E-state index in [1.165, 1.54) is 0 Å². The van der Waals surface area contributed by atoms with Crippen molar-refractivity contribution in [1.82, 2.24) is 10.2 Å². The molecule has 1 aromatic rings. The molecule has 1 heterocycles. The van der Waals surface area contributed by atoms with Gasteiger partial charge in [0.1, 0.15) is 0 Å². The molecular weight excluding hydrogens is 320 g/mol. The number of aliphatic carboxylic acids is 1. The van der Waals surface area contributed by atoms with Gasteiger partial charge < -0.3 is 15.3 Å². The monoisotopic (exact) mass is 346 g/mol. The number of amides is 2. The molecule has 0 saturated carbocycles. The minimum atomic E-state index is -0.963. The van der Waals surface area contributed by atoms with Gasteiger partial charge in [-0.05, 0) is 24.8 Å². The van der Waals surface area contributed by atoms with E-state index in [0.29, 0.717) is 25.1 Å². The van der Waals surface area contributed by atoms with Crippen molar-refractivity contribution in [3.63, 3.8) is 0 Å². The molecule has 136 valence electrons. The van der Waals surface area contributed by atoms with E-state index in [9.17, 15) is 19.5 Å². The van der Waals surface area contributed by atoms with Crippen LogP contribution in [0.5, 0.6) is 0 Å². The number of carbonyl (C=O) groups excluding carboxylic acids is 2. The van der Waals surface area contributed by atoms with Gasteiger partial charge >= 0.3 is 5.97 Å². The van der Waals surface area contributed by atoms with Crippen LogP contribution < -0.4 is 5.32 Å². The van der Waals surface area contributed by atoms with Gasteiger partial charge in [0.15, 0.2) is 0 Å². The molecule has 6 nitrogen and oxygen atoms in total. The average Bonchev–Trinajstić information content (AvgIpc) is 2.62. The normalized spacial score (nSPS) is 18.4. The number of carboxylic acid groups (broad SMARTS) is 1. The summed E-state index contributed by atoms with van der Waals surface area (Å²) in [5.41, 5.74) is 0.665. The lowest BCUT2D eigenvalue weighted by atomic mass is 9.95. The van der Waals surface area contributed by atoms with Crippen molar-refractivity contribution >= 4 is 17.8 Å². The fraction of sp³-hybridized carbons (Fsp3) is 0.526. The molecule has 1 aliphatic rings. The second-order valence-corrected chi connectivity index (χ2v) is 6.48. The summed E-state index contributed by atoms with van der Waals surface area (Å²) in [5, 5.41) is 12.2. The molecule has 0 aromatic heterocycles. The molecule has 0 radical (unpaired) electrons. The highest BCUT2D eigenvalue weighted by molar-refractivity contribution is 5.82. The molecule has 2 N–H and O–H groups in total. The van der Waals surface area contributed by atoms with E-state index in [2.05, 4.69) is 5.32 Å². The number of carboxylic acids is 1. The number of piperidine rings is 1. The minimum absolute atomic E-state index is 0.0532. The van der Waals surface area contributed by atoms with Gasteiger partial charge in [-0.25, -0.2) is 0 Å². The van der Waals surface area contributed by atoms with Gasteiger partial charge in [0.05, 0.1) is 11.8 Å². The molecule has 1 fully saturated rings. The van der Waals surface area contributed by atoms with E-state index >= 15 is 0 Å². The maximum atomic E-state index is 12.4. The minimum Gasteiger partial charge on any atom is -0.481 e. The van der Waals surface area contributed by atoms with Crippen LogP contribution in [-0.4, -0.2) is 47.4 Å². The van der Waals surface area contributed by atoms with Gasteiger partial charge in [-0.15, -0.1) is 0 Å². The zero-order valence-electron chi connectivity index (χ0n) is 14.6. The fourth-order valence-corrected chi connectivity index (χ4v) is 3.17. The number of hydrogen-bond acceptors (Lipinski definition) is 3. The number of nitrogens with zero attached hydrogens (tertiary/aromatic N) is 1. The largest absolute Gasteiger partial charge is 0.481 e. The molecule has 0 aliphatic carbocycles. The number of carbonyl (C=O) groups is 3. The van der Waals surface area contributed by atoms with Crippen LogP contribution in [0, 0.1) is 5.92 Å². The van der Waals surface area contributed by atoms with Crippen LogP contribution in [0.1, 0.15) is 44.1 Å². The van der Waals surface area contributed by atoms with Crippen LogP contribution in [0.2, 0.25) is 0 Å². The van der Waals surface area contributed by atoms with Crippen LogP contribution in [0.25, 0.3) is 0 Å². The summed E-state index contributed by atoms with van der Waals surface area (Å²) in [6.07, 6.45) is 2.83. The summed E-state index contributed by atoms with van der Waals surface area (Å²) in [6, 6.07) is 8.88. The first-order valence-corrected chi connectivity index (χ1v) is 8.86. The highest BCUT2D eigenvalue weighted by atomic mass is 16.4. The average molecular weight is 346 g/mol. The second-order valence-electron chi connectivity index (χ2n) is 6.48. The van der Waals surface area contributed by atoms with E-state index in [1.54, 1.807) is 29.2 Å². The Balaban J connectivity index is 1.92. The molecule has 1 aromatic carbocycles. The lowest BCUT2D eigenvalue weighted by molar-refractivity contribution is -0.138. The molecule has 2 atom stereocenters. The number of rotatable bonds is 7. The molecule has 1 saturated heterocycles. The number of likely N-dealkylation sites (tertiary alicyclic amines) is 1. The third-order valence-corrected chi connectivity index (χ3v) is 4.59. The number of hydrogen-bond donors (Lipinski definition) is 2. The molecule has 0 spiro atoms. The van der Waals surface area contributed by atoms with E-state index in [-0.39, 0.29) is 24.3 Å². The molecule has 6 heteroatoms. The molecular formula is C19H26N2O4. The van der Waals surface area contributed by atoms with Gasteiger partial charge in [-0.2, -0.15) is 0 Å². The second kappa shape index (κ2) is 9.20. The quantitative estimate of drug-likeness (QED) is 0.791. The fourth-order valence-electron chi connectivity index (χ4n) is 3.17. The first-order chi connectivity index (χ1) is 12.0. The number of nitrogens with one attached hydrogen (secondary N) is 1. The van der Waals surface area contributed by atoms with Crippen molar-refractivity contribution < 1.29 is 19.5 Å².